The topological polar surface area (TPSA) is 97.3 Å². The van der Waals surface area contributed by atoms with Gasteiger partial charge in [-0.15, -0.1) is 0 Å². The van der Waals surface area contributed by atoms with E-state index in [0.717, 1.165) is 11.2 Å². The average molecular weight is 508 g/mol. The molecular formula is C21H25F5N4O5. The van der Waals surface area contributed by atoms with E-state index in [-0.39, 0.29) is 25.9 Å². The fraction of sp³-hybridized carbons (Fsp3) is 0.571. The highest BCUT2D eigenvalue weighted by molar-refractivity contribution is 5.93. The lowest BCUT2D eigenvalue weighted by Gasteiger charge is -2.33. The Kier molecular flexibility index (Phi) is 8.03. The number of carbonyl (C=O) groups is 1. The van der Waals surface area contributed by atoms with Gasteiger partial charge in [-0.2, -0.15) is 18.2 Å². The number of halogens is 5. The Morgan fingerprint density at radius 1 is 1.00 bits per heavy atom. The molecule has 0 spiro atoms. The predicted octanol–water partition coefficient (Wildman–Crippen LogP) is 3.35. The van der Waals surface area contributed by atoms with E-state index in [0.29, 0.717) is 49.3 Å². The first-order chi connectivity index (χ1) is 16.4. The monoisotopic (exact) mass is 508 g/mol. The molecule has 3 heterocycles. The van der Waals surface area contributed by atoms with Crippen molar-refractivity contribution in [2.45, 2.75) is 24.9 Å². The molecule has 1 N–H and O–H groups in total. The second kappa shape index (κ2) is 10.6. The normalized spacial score (nSPS) is 18.0. The van der Waals surface area contributed by atoms with Crippen LogP contribution in [0.15, 0.2) is 12.1 Å². The van der Waals surface area contributed by atoms with E-state index < -0.39 is 18.1 Å². The maximum Gasteiger partial charge on any atom is 0.490 e. The molecule has 0 atom stereocenters. The Morgan fingerprint density at radius 2 is 1.54 bits per heavy atom. The van der Waals surface area contributed by atoms with Gasteiger partial charge in [0.05, 0.1) is 33.0 Å². The Morgan fingerprint density at radius 3 is 2.06 bits per heavy atom. The zero-order chi connectivity index (χ0) is 25.8. The van der Waals surface area contributed by atoms with Gasteiger partial charge < -0.3 is 29.1 Å². The lowest BCUT2D eigenvalue weighted by Crippen LogP contribution is -2.41. The number of nitrogens with zero attached hydrogens (tertiary/aromatic N) is 4. The predicted molar refractivity (Wildman–Crippen MR) is 116 cm³/mol. The molecule has 194 valence electrons. The van der Waals surface area contributed by atoms with Gasteiger partial charge in [-0.25, -0.2) is 18.6 Å². The van der Waals surface area contributed by atoms with Crippen LogP contribution >= 0.6 is 0 Å². The molecule has 0 unspecified atom stereocenters. The SMILES string of the molecule is COc1cc2nc(N3CCC(F)(F)CC3)nc(N3CCOCC3)c2cc1OC.O=C(O)C(F)(F)F. The summed E-state index contributed by atoms with van der Waals surface area (Å²) in [7, 11) is 3.16. The zero-order valence-corrected chi connectivity index (χ0v) is 19.1. The Bertz CT molecular complexity index is 1040. The van der Waals surface area contributed by atoms with E-state index in [4.69, 9.17) is 29.1 Å². The maximum atomic E-state index is 13.6. The van der Waals surface area contributed by atoms with Gasteiger partial charge in [-0.3, -0.25) is 0 Å². The van der Waals surface area contributed by atoms with Crippen LogP contribution in [0, 0.1) is 0 Å². The summed E-state index contributed by atoms with van der Waals surface area (Å²) < 4.78 is 75.2. The van der Waals surface area contributed by atoms with E-state index in [1.54, 1.807) is 14.2 Å². The van der Waals surface area contributed by atoms with Crippen LogP contribution in [0.2, 0.25) is 0 Å². The third kappa shape index (κ3) is 6.50. The van der Waals surface area contributed by atoms with Crippen LogP contribution in [-0.4, -0.2) is 86.8 Å². The molecule has 0 radical (unpaired) electrons. The second-order valence-electron chi connectivity index (χ2n) is 7.82. The number of aromatic nitrogens is 2. The van der Waals surface area contributed by atoms with Gasteiger partial charge in [0, 0.05) is 50.5 Å². The van der Waals surface area contributed by atoms with Gasteiger partial charge >= 0.3 is 12.1 Å². The van der Waals surface area contributed by atoms with Gasteiger partial charge in [-0.05, 0) is 6.07 Å². The van der Waals surface area contributed by atoms with E-state index in [9.17, 15) is 22.0 Å². The van der Waals surface area contributed by atoms with E-state index in [1.165, 1.54) is 0 Å². The van der Waals surface area contributed by atoms with Crippen molar-refractivity contribution in [3.8, 4) is 11.5 Å². The van der Waals surface area contributed by atoms with Crippen LogP contribution in [0.3, 0.4) is 0 Å². The van der Waals surface area contributed by atoms with E-state index in [2.05, 4.69) is 9.88 Å². The molecule has 2 aliphatic heterocycles. The number of hydrogen-bond donors (Lipinski definition) is 1. The number of piperidine rings is 1. The number of rotatable bonds is 4. The van der Waals surface area contributed by atoms with E-state index >= 15 is 0 Å². The zero-order valence-electron chi connectivity index (χ0n) is 19.1. The summed E-state index contributed by atoms with van der Waals surface area (Å²) in [5.74, 6) is -2.97. The third-order valence-electron chi connectivity index (χ3n) is 5.50. The number of hydrogen-bond acceptors (Lipinski definition) is 8. The number of fused-ring (bicyclic) bond motifs is 1. The lowest BCUT2D eigenvalue weighted by molar-refractivity contribution is -0.192. The molecule has 9 nitrogen and oxygen atoms in total. The molecule has 2 saturated heterocycles. The number of alkyl halides is 5. The summed E-state index contributed by atoms with van der Waals surface area (Å²) in [6.07, 6.45) is -5.46. The first-order valence-electron chi connectivity index (χ1n) is 10.6. The third-order valence-corrected chi connectivity index (χ3v) is 5.50. The molecule has 1 aromatic carbocycles. The average Bonchev–Trinajstić information content (AvgIpc) is 2.82. The van der Waals surface area contributed by atoms with Crippen LogP contribution < -0.4 is 19.3 Å². The van der Waals surface area contributed by atoms with Gasteiger partial charge in [0.15, 0.2) is 11.5 Å². The molecule has 14 heteroatoms. The highest BCUT2D eigenvalue weighted by Crippen LogP contribution is 2.37. The molecule has 0 bridgehead atoms. The minimum absolute atomic E-state index is 0.187. The first-order valence-corrected chi connectivity index (χ1v) is 10.6. The highest BCUT2D eigenvalue weighted by Gasteiger charge is 2.38. The van der Waals surface area contributed by atoms with Crippen molar-refractivity contribution in [3.63, 3.8) is 0 Å². The number of morpholine rings is 1. The molecule has 35 heavy (non-hydrogen) atoms. The number of aliphatic carboxylic acids is 1. The summed E-state index contributed by atoms with van der Waals surface area (Å²) >= 11 is 0. The summed E-state index contributed by atoms with van der Waals surface area (Å²) in [4.78, 5) is 22.3. The molecule has 1 aromatic heterocycles. The second-order valence-corrected chi connectivity index (χ2v) is 7.82. The molecule has 2 aliphatic rings. The van der Waals surface area contributed by atoms with Crippen molar-refractivity contribution in [2.75, 3.05) is 63.4 Å². The quantitative estimate of drug-likeness (QED) is 0.624. The summed E-state index contributed by atoms with van der Waals surface area (Å²) in [5.41, 5.74) is 0.696. The molecule has 0 aliphatic carbocycles. The van der Waals surface area contributed by atoms with Crippen LogP contribution in [0.5, 0.6) is 11.5 Å². The van der Waals surface area contributed by atoms with Crippen LogP contribution in [0.4, 0.5) is 33.7 Å². The minimum Gasteiger partial charge on any atom is -0.493 e. The Hall–Kier alpha value is -3.16. The fourth-order valence-electron chi connectivity index (χ4n) is 3.62. The molecule has 0 saturated carbocycles. The van der Waals surface area contributed by atoms with Crippen molar-refractivity contribution < 1.29 is 46.1 Å². The van der Waals surface area contributed by atoms with Crippen LogP contribution in [0.25, 0.3) is 10.9 Å². The molecular weight excluding hydrogens is 483 g/mol. The number of methoxy groups -OCH3 is 2. The molecule has 2 aromatic rings. The largest absolute Gasteiger partial charge is 0.493 e. The summed E-state index contributed by atoms with van der Waals surface area (Å²) in [5, 5.41) is 7.96. The number of carboxylic acids is 1. The van der Waals surface area contributed by atoms with Gasteiger partial charge in [0.25, 0.3) is 5.92 Å². The van der Waals surface area contributed by atoms with Crippen LogP contribution in [0.1, 0.15) is 12.8 Å². The number of anilines is 2. The van der Waals surface area contributed by atoms with Gasteiger partial charge in [0.1, 0.15) is 5.82 Å². The van der Waals surface area contributed by atoms with Gasteiger partial charge in [0.2, 0.25) is 5.95 Å². The van der Waals surface area contributed by atoms with Crippen molar-refractivity contribution in [2.24, 2.45) is 0 Å². The van der Waals surface area contributed by atoms with Crippen molar-refractivity contribution in [1.29, 1.82) is 0 Å². The summed E-state index contributed by atoms with van der Waals surface area (Å²) in [6, 6.07) is 3.68. The molecule has 0 amide bonds. The van der Waals surface area contributed by atoms with Crippen molar-refractivity contribution in [3.05, 3.63) is 12.1 Å². The molecule has 4 rings (SSSR count). The van der Waals surface area contributed by atoms with Crippen molar-refractivity contribution in [1.82, 2.24) is 9.97 Å². The molecule has 2 fully saturated rings. The number of carboxylic acid groups (broad SMARTS) is 1. The highest BCUT2D eigenvalue weighted by atomic mass is 19.4. The van der Waals surface area contributed by atoms with Gasteiger partial charge in [-0.1, -0.05) is 0 Å². The smallest absolute Gasteiger partial charge is 0.490 e. The standard InChI is InChI=1S/C19H24F2N4O3.C2HF3O2/c1-26-15-11-13-14(12-16(15)27-2)22-18(25-5-3-19(20,21)4-6-25)23-17(13)24-7-9-28-10-8-24;3-2(4,5)1(6)7/h11-12H,3-10H2,1-2H3;(H,6,7). The Balaban J connectivity index is 0.000000429. The summed E-state index contributed by atoms with van der Waals surface area (Å²) in [6.45, 7) is 3.10. The maximum absolute atomic E-state index is 13.6. The number of benzene rings is 1. The Labute approximate surface area is 197 Å². The van der Waals surface area contributed by atoms with E-state index in [1.807, 2.05) is 17.0 Å². The van der Waals surface area contributed by atoms with Crippen LogP contribution in [-0.2, 0) is 9.53 Å². The minimum atomic E-state index is -5.08. The lowest BCUT2D eigenvalue weighted by atomic mass is 10.1. The first kappa shape index (κ1) is 26.4. The number of ether oxygens (including phenoxy) is 3. The fourth-order valence-corrected chi connectivity index (χ4v) is 3.62. The van der Waals surface area contributed by atoms with Crippen molar-refractivity contribution >= 4 is 28.6 Å².